The summed E-state index contributed by atoms with van der Waals surface area (Å²) in [5, 5.41) is 13.8. The van der Waals surface area contributed by atoms with E-state index in [1.54, 1.807) is 0 Å². The molecule has 0 aromatic carbocycles. The number of hydrogen-bond donors (Lipinski definition) is 3. The molecule has 0 aliphatic carbocycles. The summed E-state index contributed by atoms with van der Waals surface area (Å²) in [5.74, 6) is -3.25. The number of β-amino-alcohol motifs (C(OH)–C–C–N with tert-alkyl or cyclic N) is 1. The molecule has 11 heteroatoms. The molecule has 0 amide bonds. The Balaban J connectivity index is 1.89. The molecule has 3 aromatic rings. The molecule has 1 fully saturated rings. The number of hydrogen-bond acceptors (Lipinski definition) is 6. The minimum atomic E-state index is -3.25. The summed E-state index contributed by atoms with van der Waals surface area (Å²) in [6.45, 7) is -0.955. The van der Waals surface area contributed by atoms with Gasteiger partial charge in [-0.25, -0.2) is 23.1 Å². The van der Waals surface area contributed by atoms with Gasteiger partial charge in [-0.05, 0) is 6.07 Å². The van der Waals surface area contributed by atoms with Crippen LogP contribution in [0.15, 0.2) is 34.2 Å². The first-order chi connectivity index (χ1) is 11.8. The molecule has 1 aliphatic heterocycles. The zero-order chi connectivity index (χ0) is 17.8. The maximum absolute atomic E-state index is 13.7. The fourth-order valence-electron chi connectivity index (χ4n) is 2.81. The van der Waals surface area contributed by atoms with Crippen LogP contribution in [0.4, 0.5) is 14.5 Å². The molecule has 4 rings (SSSR count). The molecule has 1 aliphatic rings. The van der Waals surface area contributed by atoms with E-state index in [1.807, 2.05) is 0 Å². The lowest BCUT2D eigenvalue weighted by Gasteiger charge is -2.19. The monoisotopic (exact) mass is 350 g/mol. The predicted octanol–water partition coefficient (Wildman–Crippen LogP) is -0.411. The number of halogens is 2. The van der Waals surface area contributed by atoms with Gasteiger partial charge in [0, 0.05) is 18.6 Å². The summed E-state index contributed by atoms with van der Waals surface area (Å²) < 4.78 is 28.8. The van der Waals surface area contributed by atoms with Crippen molar-refractivity contribution in [3.05, 3.63) is 45.5 Å². The topological polar surface area (TPSA) is 119 Å². The van der Waals surface area contributed by atoms with Gasteiger partial charge in [-0.1, -0.05) is 0 Å². The summed E-state index contributed by atoms with van der Waals surface area (Å²) in [4.78, 5) is 33.0. The number of aromatic nitrogens is 5. The molecule has 0 saturated carbocycles. The number of aliphatic hydroxyl groups is 1. The zero-order valence-corrected chi connectivity index (χ0v) is 12.6. The fraction of sp³-hybridized carbons (Fsp3) is 0.286. The second kappa shape index (κ2) is 5.21. The van der Waals surface area contributed by atoms with Gasteiger partial charge in [-0.2, -0.15) is 5.10 Å². The van der Waals surface area contributed by atoms with Crippen molar-refractivity contribution in [1.82, 2.24) is 24.6 Å². The fourth-order valence-corrected chi connectivity index (χ4v) is 2.81. The van der Waals surface area contributed by atoms with Gasteiger partial charge in [-0.15, -0.1) is 0 Å². The Morgan fingerprint density at radius 1 is 1.36 bits per heavy atom. The van der Waals surface area contributed by atoms with E-state index < -0.39 is 29.8 Å². The van der Waals surface area contributed by atoms with Crippen LogP contribution in [-0.2, 0) is 0 Å². The molecular weight excluding hydrogens is 338 g/mol. The first-order valence-corrected chi connectivity index (χ1v) is 7.33. The van der Waals surface area contributed by atoms with E-state index in [0.717, 1.165) is 0 Å². The molecule has 1 atom stereocenters. The Bertz CT molecular complexity index is 1070. The SMILES string of the molecule is O=c1[nH]cc(-c2cc(N3C[C@@H](O)C(F)(F)C3)c3nccn3n2)c(=O)[nH]1. The van der Waals surface area contributed by atoms with Crippen LogP contribution in [0.1, 0.15) is 0 Å². The minimum Gasteiger partial charge on any atom is -0.385 e. The number of anilines is 1. The van der Waals surface area contributed by atoms with Gasteiger partial charge in [0.2, 0.25) is 0 Å². The number of rotatable bonds is 2. The second-order valence-corrected chi connectivity index (χ2v) is 5.75. The van der Waals surface area contributed by atoms with Gasteiger partial charge in [-0.3, -0.25) is 9.78 Å². The van der Waals surface area contributed by atoms with Crippen LogP contribution in [0.25, 0.3) is 16.9 Å². The lowest BCUT2D eigenvalue weighted by molar-refractivity contribution is -0.0712. The highest BCUT2D eigenvalue weighted by atomic mass is 19.3. The lowest BCUT2D eigenvalue weighted by Crippen LogP contribution is -2.31. The Hall–Kier alpha value is -3.08. The van der Waals surface area contributed by atoms with Gasteiger partial charge in [0.25, 0.3) is 11.5 Å². The van der Waals surface area contributed by atoms with Crippen LogP contribution >= 0.6 is 0 Å². The molecule has 0 spiro atoms. The number of nitrogens with one attached hydrogen (secondary N) is 2. The zero-order valence-electron chi connectivity index (χ0n) is 12.6. The molecule has 9 nitrogen and oxygen atoms in total. The highest BCUT2D eigenvalue weighted by Gasteiger charge is 2.47. The largest absolute Gasteiger partial charge is 0.385 e. The maximum atomic E-state index is 13.7. The first-order valence-electron chi connectivity index (χ1n) is 7.33. The second-order valence-electron chi connectivity index (χ2n) is 5.75. The highest BCUT2D eigenvalue weighted by Crippen LogP contribution is 2.34. The number of aromatic amines is 2. The van der Waals surface area contributed by atoms with E-state index in [1.165, 1.54) is 34.1 Å². The van der Waals surface area contributed by atoms with Crippen LogP contribution in [0.5, 0.6) is 0 Å². The summed E-state index contributed by atoms with van der Waals surface area (Å²) in [6.07, 6.45) is 2.35. The van der Waals surface area contributed by atoms with E-state index >= 15 is 0 Å². The highest BCUT2D eigenvalue weighted by molar-refractivity contribution is 5.74. The Morgan fingerprint density at radius 3 is 2.84 bits per heavy atom. The van der Waals surface area contributed by atoms with Gasteiger partial charge < -0.3 is 15.0 Å². The number of imidazole rings is 1. The molecule has 1 saturated heterocycles. The quantitative estimate of drug-likeness (QED) is 0.578. The van der Waals surface area contributed by atoms with Crippen LogP contribution < -0.4 is 16.1 Å². The van der Waals surface area contributed by atoms with Crippen LogP contribution in [0.3, 0.4) is 0 Å². The standard InChI is InChI=1S/C14H12F2N6O3/c15-14(16)6-21(5-10(14)23)9-3-8(20-22-2-1-17-11(9)22)7-4-18-13(25)19-12(7)24/h1-4,10,23H,5-6H2,(H2,18,19,24,25)/t10-/m1/s1. The molecular formula is C14H12F2N6O3. The molecule has 25 heavy (non-hydrogen) atoms. The third-order valence-electron chi connectivity index (χ3n) is 4.06. The predicted molar refractivity (Wildman–Crippen MR) is 82.8 cm³/mol. The Morgan fingerprint density at radius 2 is 2.16 bits per heavy atom. The van der Waals surface area contributed by atoms with Gasteiger partial charge >= 0.3 is 5.69 Å². The average molecular weight is 350 g/mol. The number of H-pyrrole nitrogens is 2. The van der Waals surface area contributed by atoms with Gasteiger partial charge in [0.05, 0.1) is 24.3 Å². The van der Waals surface area contributed by atoms with Gasteiger partial charge in [0.1, 0.15) is 11.8 Å². The number of nitrogens with zero attached hydrogens (tertiary/aromatic N) is 4. The van der Waals surface area contributed by atoms with E-state index in [2.05, 4.69) is 20.1 Å². The number of alkyl halides is 2. The van der Waals surface area contributed by atoms with Crippen molar-refractivity contribution in [3.8, 4) is 11.3 Å². The summed E-state index contributed by atoms with van der Waals surface area (Å²) in [7, 11) is 0. The smallest absolute Gasteiger partial charge is 0.325 e. The Kier molecular flexibility index (Phi) is 3.22. The van der Waals surface area contributed by atoms with Crippen molar-refractivity contribution in [3.63, 3.8) is 0 Å². The van der Waals surface area contributed by atoms with Crippen molar-refractivity contribution >= 4 is 11.3 Å². The van der Waals surface area contributed by atoms with Crippen molar-refractivity contribution < 1.29 is 13.9 Å². The maximum Gasteiger partial charge on any atom is 0.325 e. The van der Waals surface area contributed by atoms with Crippen molar-refractivity contribution in [2.75, 3.05) is 18.0 Å². The van der Waals surface area contributed by atoms with Crippen molar-refractivity contribution in [1.29, 1.82) is 0 Å². The molecule has 3 N–H and O–H groups in total. The first kappa shape index (κ1) is 15.4. The molecule has 3 aromatic heterocycles. The summed E-state index contributed by atoms with van der Waals surface area (Å²) >= 11 is 0. The van der Waals surface area contributed by atoms with Gasteiger partial charge in [0.15, 0.2) is 5.65 Å². The summed E-state index contributed by atoms with van der Waals surface area (Å²) in [6, 6.07) is 1.43. The van der Waals surface area contributed by atoms with Crippen molar-refractivity contribution in [2.24, 2.45) is 0 Å². The van der Waals surface area contributed by atoms with Crippen LogP contribution in [-0.4, -0.2) is 54.8 Å². The normalized spacial score (nSPS) is 19.6. The molecule has 4 heterocycles. The molecule has 0 radical (unpaired) electrons. The molecule has 0 unspecified atom stereocenters. The molecule has 0 bridgehead atoms. The third-order valence-corrected chi connectivity index (χ3v) is 4.06. The summed E-state index contributed by atoms with van der Waals surface area (Å²) in [5.41, 5.74) is -0.467. The Labute approximate surface area is 137 Å². The lowest BCUT2D eigenvalue weighted by atomic mass is 10.2. The van der Waals surface area contributed by atoms with E-state index in [9.17, 15) is 23.5 Å². The minimum absolute atomic E-state index is 0.0722. The van der Waals surface area contributed by atoms with Crippen LogP contribution in [0, 0.1) is 0 Å². The molecule has 130 valence electrons. The van der Waals surface area contributed by atoms with E-state index in [-0.39, 0.29) is 17.8 Å². The third kappa shape index (κ3) is 2.48. The number of aliphatic hydroxyl groups excluding tert-OH is 1. The van der Waals surface area contributed by atoms with E-state index in [4.69, 9.17) is 0 Å². The average Bonchev–Trinajstić information content (AvgIpc) is 3.11. The van der Waals surface area contributed by atoms with Crippen molar-refractivity contribution in [2.45, 2.75) is 12.0 Å². The van der Waals surface area contributed by atoms with Crippen LogP contribution in [0.2, 0.25) is 0 Å². The van der Waals surface area contributed by atoms with E-state index in [0.29, 0.717) is 11.3 Å². The number of fused-ring (bicyclic) bond motifs is 1.